The number of likely N-dealkylation sites (tertiary alicyclic amines) is 1. The van der Waals surface area contributed by atoms with Crippen molar-refractivity contribution in [1.82, 2.24) is 9.88 Å². The number of rotatable bonds is 5. The number of nitrogens with one attached hydrogen (secondary N) is 1. The molecule has 0 spiro atoms. The summed E-state index contributed by atoms with van der Waals surface area (Å²) in [5.41, 5.74) is 1.78. The molecule has 1 aromatic heterocycles. The molecule has 0 radical (unpaired) electrons. The Labute approximate surface area is 116 Å². The Bertz CT molecular complexity index is 659. The minimum atomic E-state index is -4.54. The fraction of sp³-hybridized carbons (Fsp3) is 0.385. The van der Waals surface area contributed by atoms with Crippen molar-refractivity contribution in [3.63, 3.8) is 0 Å². The number of aromatic nitrogens is 1. The number of hydrogen-bond acceptors (Lipinski definition) is 3. The first-order valence-corrected chi connectivity index (χ1v) is 8.12. The van der Waals surface area contributed by atoms with Gasteiger partial charge in [0.1, 0.15) is 0 Å². The Balaban J connectivity index is 1.84. The van der Waals surface area contributed by atoms with Crippen LogP contribution in [-0.2, 0) is 11.0 Å². The highest BCUT2D eigenvalue weighted by molar-refractivity contribution is 7.46. The molecule has 7 heteroatoms. The van der Waals surface area contributed by atoms with Gasteiger partial charge in [-0.05, 0) is 37.6 Å². The lowest BCUT2D eigenvalue weighted by atomic mass is 10.1. The average Bonchev–Trinajstić information content (AvgIpc) is 2.70. The van der Waals surface area contributed by atoms with E-state index in [0.717, 1.165) is 37.0 Å². The molecular formula is C13H17N2O4P. The van der Waals surface area contributed by atoms with Crippen molar-refractivity contribution in [2.45, 2.75) is 12.8 Å². The maximum Gasteiger partial charge on any atom is 0.524 e. The summed E-state index contributed by atoms with van der Waals surface area (Å²) >= 11 is 0. The normalized spacial score (nSPS) is 16.3. The van der Waals surface area contributed by atoms with E-state index in [2.05, 4.69) is 9.88 Å². The second-order valence-electron chi connectivity index (χ2n) is 5.02. The van der Waals surface area contributed by atoms with E-state index in [9.17, 15) is 4.57 Å². The van der Waals surface area contributed by atoms with Crippen LogP contribution in [0.2, 0.25) is 0 Å². The molecule has 108 valence electrons. The van der Waals surface area contributed by atoms with Gasteiger partial charge in [-0.3, -0.25) is 9.79 Å². The molecule has 1 fully saturated rings. The summed E-state index contributed by atoms with van der Waals surface area (Å²) in [6.07, 6.45) is 4.07. The molecule has 1 aliphatic heterocycles. The number of hydrogen-bond donors (Lipinski definition) is 3. The lowest BCUT2D eigenvalue weighted by Crippen LogP contribution is -2.38. The third-order valence-corrected chi connectivity index (χ3v) is 4.06. The van der Waals surface area contributed by atoms with E-state index in [1.165, 1.54) is 6.42 Å². The van der Waals surface area contributed by atoms with Crippen molar-refractivity contribution in [2.24, 2.45) is 0 Å². The second kappa shape index (κ2) is 5.22. The van der Waals surface area contributed by atoms with E-state index in [0.29, 0.717) is 5.52 Å². The molecule has 1 saturated heterocycles. The number of H-pyrrole nitrogens is 1. The van der Waals surface area contributed by atoms with Gasteiger partial charge in [0.2, 0.25) is 0 Å². The standard InChI is InChI=1S/C13H17N2O4P/c16-20(17,18)19-12-4-1-3-11-10(9-14-13(11)12)5-8-15-6-2-7-15/h1,3-4,9,14H,2,5-8H2,(H2,16,17,18). The van der Waals surface area contributed by atoms with Gasteiger partial charge in [0.15, 0.2) is 5.75 Å². The van der Waals surface area contributed by atoms with Crippen LogP contribution < -0.4 is 4.52 Å². The molecule has 3 rings (SSSR count). The molecule has 3 N–H and O–H groups in total. The maximum atomic E-state index is 11.0. The summed E-state index contributed by atoms with van der Waals surface area (Å²) in [5.74, 6) is 0.186. The van der Waals surface area contributed by atoms with Crippen molar-refractivity contribution in [1.29, 1.82) is 0 Å². The second-order valence-corrected chi connectivity index (χ2v) is 6.18. The first-order valence-electron chi connectivity index (χ1n) is 6.59. The summed E-state index contributed by atoms with van der Waals surface area (Å²) < 4.78 is 15.7. The van der Waals surface area contributed by atoms with Crippen LogP contribution in [0.25, 0.3) is 10.9 Å². The molecular weight excluding hydrogens is 279 g/mol. The topological polar surface area (TPSA) is 85.8 Å². The number of aromatic amines is 1. The van der Waals surface area contributed by atoms with Crippen molar-refractivity contribution in [2.75, 3.05) is 19.6 Å². The third kappa shape index (κ3) is 2.88. The Morgan fingerprint density at radius 3 is 2.80 bits per heavy atom. The van der Waals surface area contributed by atoms with E-state index < -0.39 is 7.82 Å². The van der Waals surface area contributed by atoms with Crippen LogP contribution >= 0.6 is 7.82 Å². The van der Waals surface area contributed by atoms with Crippen molar-refractivity contribution >= 4 is 18.7 Å². The minimum Gasteiger partial charge on any atom is -0.402 e. The third-order valence-electron chi connectivity index (χ3n) is 3.63. The van der Waals surface area contributed by atoms with E-state index in [-0.39, 0.29) is 5.75 Å². The summed E-state index contributed by atoms with van der Waals surface area (Å²) in [5, 5.41) is 0.955. The largest absolute Gasteiger partial charge is 0.524 e. The van der Waals surface area contributed by atoms with Gasteiger partial charge in [-0.25, -0.2) is 4.57 Å². The molecule has 2 aromatic rings. The number of para-hydroxylation sites is 1. The lowest BCUT2D eigenvalue weighted by molar-refractivity contribution is 0.184. The summed E-state index contributed by atoms with van der Waals surface area (Å²) in [7, 11) is -4.54. The van der Waals surface area contributed by atoms with E-state index in [4.69, 9.17) is 14.3 Å². The number of phosphoric acid groups is 1. The van der Waals surface area contributed by atoms with Gasteiger partial charge in [-0.1, -0.05) is 12.1 Å². The van der Waals surface area contributed by atoms with Gasteiger partial charge in [0.25, 0.3) is 0 Å². The molecule has 1 aliphatic rings. The summed E-state index contributed by atoms with van der Waals surface area (Å²) in [6.45, 7) is 3.33. The fourth-order valence-electron chi connectivity index (χ4n) is 2.48. The van der Waals surface area contributed by atoms with Crippen molar-refractivity contribution in [3.05, 3.63) is 30.0 Å². The smallest absolute Gasteiger partial charge is 0.402 e. The molecule has 0 atom stereocenters. The van der Waals surface area contributed by atoms with E-state index in [1.807, 2.05) is 12.3 Å². The van der Waals surface area contributed by atoms with Gasteiger partial charge in [-0.2, -0.15) is 0 Å². The van der Waals surface area contributed by atoms with E-state index >= 15 is 0 Å². The Hall–Kier alpha value is -1.33. The Morgan fingerprint density at radius 1 is 1.35 bits per heavy atom. The first-order chi connectivity index (χ1) is 9.53. The zero-order valence-corrected chi connectivity index (χ0v) is 11.8. The predicted octanol–water partition coefficient (Wildman–Crippen LogP) is 1.89. The molecule has 2 heterocycles. The molecule has 0 saturated carbocycles. The van der Waals surface area contributed by atoms with Gasteiger partial charge in [0, 0.05) is 18.1 Å². The average molecular weight is 296 g/mol. The predicted molar refractivity (Wildman–Crippen MR) is 75.7 cm³/mol. The van der Waals surface area contributed by atoms with Crippen LogP contribution in [0.1, 0.15) is 12.0 Å². The molecule has 0 bridgehead atoms. The van der Waals surface area contributed by atoms with Crippen LogP contribution in [0.3, 0.4) is 0 Å². The Kier molecular flexibility index (Phi) is 3.56. The molecule has 20 heavy (non-hydrogen) atoms. The van der Waals surface area contributed by atoms with Crippen molar-refractivity contribution in [3.8, 4) is 5.75 Å². The highest BCUT2D eigenvalue weighted by atomic mass is 31.2. The monoisotopic (exact) mass is 296 g/mol. The zero-order valence-electron chi connectivity index (χ0n) is 11.0. The minimum absolute atomic E-state index is 0.186. The van der Waals surface area contributed by atoms with Crippen LogP contribution in [0, 0.1) is 0 Å². The van der Waals surface area contributed by atoms with Crippen molar-refractivity contribution < 1.29 is 18.9 Å². The highest BCUT2D eigenvalue weighted by Crippen LogP contribution is 2.40. The number of nitrogens with zero attached hydrogens (tertiary/aromatic N) is 1. The van der Waals surface area contributed by atoms with Gasteiger partial charge >= 0.3 is 7.82 Å². The van der Waals surface area contributed by atoms with Crippen LogP contribution in [0.5, 0.6) is 5.75 Å². The maximum absolute atomic E-state index is 11.0. The highest BCUT2D eigenvalue weighted by Gasteiger charge is 2.19. The van der Waals surface area contributed by atoms with Gasteiger partial charge in [0.05, 0.1) is 5.52 Å². The van der Waals surface area contributed by atoms with Gasteiger partial charge < -0.3 is 14.4 Å². The first kappa shape index (κ1) is 13.6. The number of fused-ring (bicyclic) bond motifs is 1. The number of phosphoric ester groups is 1. The quantitative estimate of drug-likeness (QED) is 0.734. The lowest BCUT2D eigenvalue weighted by Gasteiger charge is -2.30. The molecule has 0 amide bonds. The molecule has 0 unspecified atom stereocenters. The summed E-state index contributed by atoms with van der Waals surface area (Å²) in [6, 6.07) is 5.23. The fourth-order valence-corrected chi connectivity index (χ4v) is 2.89. The number of benzene rings is 1. The van der Waals surface area contributed by atoms with Crippen LogP contribution in [0.4, 0.5) is 0 Å². The SMILES string of the molecule is O=P(O)(O)Oc1cccc2c(CCN3CCC3)c[nH]c12. The van der Waals surface area contributed by atoms with E-state index in [1.54, 1.807) is 12.1 Å². The Morgan fingerprint density at radius 2 is 2.15 bits per heavy atom. The summed E-state index contributed by atoms with van der Waals surface area (Å²) in [4.78, 5) is 23.3. The van der Waals surface area contributed by atoms with Gasteiger partial charge in [-0.15, -0.1) is 0 Å². The molecule has 6 nitrogen and oxygen atoms in total. The zero-order chi connectivity index (χ0) is 14.2. The molecule has 0 aliphatic carbocycles. The molecule has 1 aromatic carbocycles. The van der Waals surface area contributed by atoms with Crippen LogP contribution in [-0.4, -0.2) is 39.3 Å². The van der Waals surface area contributed by atoms with Crippen LogP contribution in [0.15, 0.2) is 24.4 Å².